The van der Waals surface area contributed by atoms with Gasteiger partial charge in [0.05, 0.1) is 49.3 Å². The number of aldehydes is 1. The maximum atomic E-state index is 10.7. The molecule has 0 spiro atoms. The normalized spacial score (nSPS) is 44.6. The third kappa shape index (κ3) is 4.92. The SMILES string of the molecule is C=C1CCC(CCC=O)OC1CC1OC2CC3OC(C)(C)OCC3OC2CC1O. The van der Waals surface area contributed by atoms with E-state index in [0.29, 0.717) is 25.9 Å². The van der Waals surface area contributed by atoms with Crippen LogP contribution in [0, 0.1) is 0 Å². The van der Waals surface area contributed by atoms with Gasteiger partial charge in [-0.2, -0.15) is 0 Å². The highest BCUT2D eigenvalue weighted by molar-refractivity contribution is 5.49. The van der Waals surface area contributed by atoms with Crippen molar-refractivity contribution in [1.82, 2.24) is 0 Å². The molecule has 0 aromatic rings. The number of carbonyl (C=O) groups excluding carboxylic acids is 1. The van der Waals surface area contributed by atoms with Crippen LogP contribution in [-0.2, 0) is 28.5 Å². The molecule has 0 amide bonds. The maximum Gasteiger partial charge on any atom is 0.163 e. The molecule has 0 aromatic heterocycles. The summed E-state index contributed by atoms with van der Waals surface area (Å²) in [4.78, 5) is 10.7. The zero-order valence-corrected chi connectivity index (χ0v) is 17.5. The Morgan fingerprint density at radius 3 is 2.72 bits per heavy atom. The molecule has 4 heterocycles. The van der Waals surface area contributed by atoms with E-state index in [9.17, 15) is 9.90 Å². The van der Waals surface area contributed by atoms with E-state index in [2.05, 4.69) is 6.58 Å². The predicted octanol–water partition coefficient (Wildman–Crippen LogP) is 2.29. The van der Waals surface area contributed by atoms with Crippen molar-refractivity contribution < 1.29 is 33.6 Å². The minimum Gasteiger partial charge on any atom is -0.390 e. The largest absolute Gasteiger partial charge is 0.390 e. The Labute approximate surface area is 172 Å². The Hall–Kier alpha value is -0.830. The molecule has 0 bridgehead atoms. The van der Waals surface area contributed by atoms with Crippen LogP contribution in [-0.4, -0.2) is 72.6 Å². The molecule has 7 heteroatoms. The summed E-state index contributed by atoms with van der Waals surface area (Å²) in [6, 6.07) is 0. The summed E-state index contributed by atoms with van der Waals surface area (Å²) in [5, 5.41) is 10.7. The molecule has 0 aromatic carbocycles. The lowest BCUT2D eigenvalue weighted by molar-refractivity contribution is -0.349. The zero-order chi connectivity index (χ0) is 20.6. The van der Waals surface area contributed by atoms with Gasteiger partial charge in [0.25, 0.3) is 0 Å². The molecule has 1 N–H and O–H groups in total. The van der Waals surface area contributed by atoms with Gasteiger partial charge in [0.15, 0.2) is 5.79 Å². The minimum absolute atomic E-state index is 0.0653. The first-order valence-electron chi connectivity index (χ1n) is 10.9. The Bertz CT molecular complexity index is 604. The molecule has 164 valence electrons. The van der Waals surface area contributed by atoms with Gasteiger partial charge in [0.1, 0.15) is 12.4 Å². The van der Waals surface area contributed by atoms with E-state index in [0.717, 1.165) is 37.5 Å². The van der Waals surface area contributed by atoms with Crippen molar-refractivity contribution >= 4 is 6.29 Å². The Balaban J connectivity index is 1.36. The zero-order valence-electron chi connectivity index (χ0n) is 17.5. The summed E-state index contributed by atoms with van der Waals surface area (Å²) in [5.74, 6) is -0.616. The van der Waals surface area contributed by atoms with Crippen LogP contribution in [0.5, 0.6) is 0 Å². The smallest absolute Gasteiger partial charge is 0.163 e. The summed E-state index contributed by atoms with van der Waals surface area (Å²) in [5.41, 5.74) is 1.04. The summed E-state index contributed by atoms with van der Waals surface area (Å²) >= 11 is 0. The Kier molecular flexibility index (Phi) is 6.44. The molecule has 7 nitrogen and oxygen atoms in total. The van der Waals surface area contributed by atoms with Crippen molar-refractivity contribution in [2.45, 2.75) is 113 Å². The fourth-order valence-electron chi connectivity index (χ4n) is 4.96. The van der Waals surface area contributed by atoms with Crippen molar-refractivity contribution in [3.05, 3.63) is 12.2 Å². The van der Waals surface area contributed by atoms with Crippen LogP contribution in [0.3, 0.4) is 0 Å². The quantitative estimate of drug-likeness (QED) is 0.550. The van der Waals surface area contributed by atoms with Gasteiger partial charge in [-0.3, -0.25) is 0 Å². The van der Waals surface area contributed by atoms with E-state index in [1.807, 2.05) is 13.8 Å². The van der Waals surface area contributed by atoms with E-state index >= 15 is 0 Å². The van der Waals surface area contributed by atoms with Gasteiger partial charge in [-0.15, -0.1) is 0 Å². The number of rotatable bonds is 5. The highest BCUT2D eigenvalue weighted by Crippen LogP contribution is 2.39. The van der Waals surface area contributed by atoms with Crippen molar-refractivity contribution in [2.24, 2.45) is 0 Å². The van der Waals surface area contributed by atoms with E-state index in [1.165, 1.54) is 0 Å². The molecule has 4 aliphatic heterocycles. The number of carbonyl (C=O) groups is 1. The second kappa shape index (κ2) is 8.73. The van der Waals surface area contributed by atoms with Crippen LogP contribution < -0.4 is 0 Å². The molecule has 4 fully saturated rings. The van der Waals surface area contributed by atoms with Crippen molar-refractivity contribution in [1.29, 1.82) is 0 Å². The number of hydrogen-bond donors (Lipinski definition) is 1. The van der Waals surface area contributed by atoms with E-state index in [1.54, 1.807) is 0 Å². The van der Waals surface area contributed by atoms with Gasteiger partial charge in [-0.05, 0) is 38.7 Å². The monoisotopic (exact) mass is 410 g/mol. The molecule has 29 heavy (non-hydrogen) atoms. The molecular formula is C22H34O7. The van der Waals surface area contributed by atoms with Crippen LogP contribution in [0.4, 0.5) is 0 Å². The molecular weight excluding hydrogens is 376 g/mol. The van der Waals surface area contributed by atoms with E-state index < -0.39 is 11.9 Å². The fourth-order valence-corrected chi connectivity index (χ4v) is 4.96. The van der Waals surface area contributed by atoms with Gasteiger partial charge in [0, 0.05) is 25.7 Å². The standard InChI is InChI=1S/C22H34O7/c1-13-6-7-14(5-4-8-23)26-16(13)10-17-15(24)9-18-19(27-17)11-20-21(28-18)12-25-22(2,3)29-20/h8,14-21,24H,1,4-7,9-12H2,2-3H3. The lowest BCUT2D eigenvalue weighted by Gasteiger charge is -2.51. The van der Waals surface area contributed by atoms with Crippen molar-refractivity contribution in [3.63, 3.8) is 0 Å². The first kappa shape index (κ1) is 21.4. The number of aliphatic hydroxyl groups is 1. The van der Waals surface area contributed by atoms with Gasteiger partial charge in [-0.25, -0.2) is 0 Å². The maximum absolute atomic E-state index is 10.7. The van der Waals surface area contributed by atoms with Crippen molar-refractivity contribution in [2.75, 3.05) is 6.61 Å². The summed E-state index contributed by atoms with van der Waals surface area (Å²) < 4.78 is 30.4. The summed E-state index contributed by atoms with van der Waals surface area (Å²) in [6.45, 7) is 8.49. The number of ether oxygens (including phenoxy) is 5. The second-order valence-corrected chi connectivity index (χ2v) is 9.26. The first-order valence-corrected chi connectivity index (χ1v) is 10.9. The molecule has 4 rings (SSSR count). The summed E-state index contributed by atoms with van der Waals surface area (Å²) in [6.07, 6.45) is 4.37. The third-order valence-corrected chi connectivity index (χ3v) is 6.58. The van der Waals surface area contributed by atoms with Crippen LogP contribution in [0.1, 0.15) is 58.8 Å². The molecule has 8 atom stereocenters. The fraction of sp³-hybridized carbons (Fsp3) is 0.864. The predicted molar refractivity (Wildman–Crippen MR) is 104 cm³/mol. The van der Waals surface area contributed by atoms with Crippen LogP contribution in [0.2, 0.25) is 0 Å². The molecule has 0 saturated carbocycles. The van der Waals surface area contributed by atoms with Gasteiger partial charge in [0.2, 0.25) is 0 Å². The molecule has 4 aliphatic rings. The average molecular weight is 411 g/mol. The molecule has 8 unspecified atom stereocenters. The van der Waals surface area contributed by atoms with Gasteiger partial charge >= 0.3 is 0 Å². The molecule has 0 aliphatic carbocycles. The van der Waals surface area contributed by atoms with Crippen LogP contribution in [0.25, 0.3) is 0 Å². The highest BCUT2D eigenvalue weighted by Gasteiger charge is 2.49. The van der Waals surface area contributed by atoms with Crippen molar-refractivity contribution in [3.8, 4) is 0 Å². The van der Waals surface area contributed by atoms with Gasteiger partial charge in [-0.1, -0.05) is 6.58 Å². The third-order valence-electron chi connectivity index (χ3n) is 6.58. The average Bonchev–Trinajstić information content (AvgIpc) is 2.67. The first-order chi connectivity index (χ1) is 13.8. The number of hydrogen-bond acceptors (Lipinski definition) is 7. The highest BCUT2D eigenvalue weighted by atomic mass is 16.7. The minimum atomic E-state index is -0.616. The number of fused-ring (bicyclic) bond motifs is 2. The van der Waals surface area contributed by atoms with Crippen LogP contribution >= 0.6 is 0 Å². The van der Waals surface area contributed by atoms with Crippen LogP contribution in [0.15, 0.2) is 12.2 Å². The lowest BCUT2D eigenvalue weighted by atomic mass is 9.86. The Morgan fingerprint density at radius 2 is 1.93 bits per heavy atom. The molecule has 4 saturated heterocycles. The molecule has 0 radical (unpaired) electrons. The van der Waals surface area contributed by atoms with E-state index in [-0.39, 0.29) is 42.7 Å². The lowest BCUT2D eigenvalue weighted by Crippen LogP contribution is -2.61. The second-order valence-electron chi connectivity index (χ2n) is 9.26. The van der Waals surface area contributed by atoms with E-state index in [4.69, 9.17) is 23.7 Å². The van der Waals surface area contributed by atoms with Gasteiger partial charge < -0.3 is 33.6 Å². The Morgan fingerprint density at radius 1 is 1.14 bits per heavy atom. The number of aliphatic hydroxyl groups excluding tert-OH is 1. The topological polar surface area (TPSA) is 83.5 Å². The summed E-state index contributed by atoms with van der Waals surface area (Å²) in [7, 11) is 0.